The lowest BCUT2D eigenvalue weighted by Gasteiger charge is -1.97. The van der Waals surface area contributed by atoms with Crippen LogP contribution in [0.3, 0.4) is 0 Å². The molecule has 2 aromatic carbocycles. The van der Waals surface area contributed by atoms with Crippen LogP contribution in [0.4, 0.5) is 0 Å². The zero-order valence-corrected chi connectivity index (χ0v) is 10.5. The SMILES string of the molecule is Cc1ccc2nc(=O)cc(-c3ccccc3)nc2c1. The maximum atomic E-state index is 11.8. The van der Waals surface area contributed by atoms with Crippen molar-refractivity contribution >= 4 is 11.0 Å². The summed E-state index contributed by atoms with van der Waals surface area (Å²) in [6.07, 6.45) is 0. The predicted molar refractivity (Wildman–Crippen MR) is 76.0 cm³/mol. The molecule has 0 bridgehead atoms. The van der Waals surface area contributed by atoms with Crippen LogP contribution in [0.2, 0.25) is 0 Å². The second-order valence-corrected chi connectivity index (χ2v) is 4.45. The second-order valence-electron chi connectivity index (χ2n) is 4.45. The Bertz CT molecular complexity index is 798. The van der Waals surface area contributed by atoms with Gasteiger partial charge in [-0.15, -0.1) is 0 Å². The third-order valence-corrected chi connectivity index (χ3v) is 2.93. The first-order chi connectivity index (χ1) is 9.22. The van der Waals surface area contributed by atoms with Gasteiger partial charge in [-0.1, -0.05) is 36.4 Å². The molecular weight excluding hydrogens is 236 g/mol. The molecule has 3 heteroatoms. The van der Waals surface area contributed by atoms with Gasteiger partial charge in [0.2, 0.25) is 0 Å². The largest absolute Gasteiger partial charge is 0.272 e. The van der Waals surface area contributed by atoms with E-state index in [1.807, 2.05) is 55.5 Å². The molecule has 0 aliphatic heterocycles. The summed E-state index contributed by atoms with van der Waals surface area (Å²) in [5.41, 5.74) is 3.75. The number of rotatable bonds is 1. The van der Waals surface area contributed by atoms with Crippen LogP contribution >= 0.6 is 0 Å². The Kier molecular flexibility index (Phi) is 2.80. The van der Waals surface area contributed by atoms with Gasteiger partial charge >= 0.3 is 0 Å². The molecule has 0 N–H and O–H groups in total. The normalized spacial score (nSPS) is 10.6. The minimum Gasteiger partial charge on any atom is -0.267 e. The standard InChI is InChI=1S/C16H12N2O/c1-11-7-8-13-15(9-11)17-14(10-16(19)18-13)12-5-3-2-4-6-12/h2-10H,1H3. The maximum absolute atomic E-state index is 11.8. The first-order valence-electron chi connectivity index (χ1n) is 6.07. The lowest BCUT2D eigenvalue weighted by molar-refractivity contribution is 1.32. The molecule has 92 valence electrons. The van der Waals surface area contributed by atoms with Gasteiger partial charge in [-0.05, 0) is 24.6 Å². The molecule has 0 spiro atoms. The average molecular weight is 248 g/mol. The summed E-state index contributed by atoms with van der Waals surface area (Å²) >= 11 is 0. The molecule has 3 aromatic rings. The first-order valence-corrected chi connectivity index (χ1v) is 6.07. The van der Waals surface area contributed by atoms with E-state index < -0.39 is 0 Å². The Balaban J connectivity index is 2.36. The Hall–Kier alpha value is -2.55. The van der Waals surface area contributed by atoms with Crippen molar-refractivity contribution in [1.82, 2.24) is 9.97 Å². The summed E-state index contributed by atoms with van der Waals surface area (Å²) in [5, 5.41) is 0. The summed E-state index contributed by atoms with van der Waals surface area (Å²) in [6, 6.07) is 16.8. The zero-order chi connectivity index (χ0) is 13.2. The van der Waals surface area contributed by atoms with Crippen molar-refractivity contribution in [2.45, 2.75) is 6.92 Å². The van der Waals surface area contributed by atoms with Crippen molar-refractivity contribution in [2.24, 2.45) is 0 Å². The van der Waals surface area contributed by atoms with Gasteiger partial charge in [0, 0.05) is 11.6 Å². The molecule has 3 nitrogen and oxygen atoms in total. The number of aromatic nitrogens is 2. The maximum Gasteiger partial charge on any atom is 0.272 e. The third-order valence-electron chi connectivity index (χ3n) is 2.93. The van der Waals surface area contributed by atoms with Gasteiger partial charge in [0.25, 0.3) is 5.56 Å². The minimum absolute atomic E-state index is 0.273. The van der Waals surface area contributed by atoms with Gasteiger partial charge < -0.3 is 0 Å². The molecule has 0 saturated carbocycles. The van der Waals surface area contributed by atoms with Gasteiger partial charge in [-0.2, -0.15) is 0 Å². The summed E-state index contributed by atoms with van der Waals surface area (Å²) in [6.45, 7) is 1.99. The van der Waals surface area contributed by atoms with Crippen LogP contribution in [0.1, 0.15) is 5.56 Å². The number of benzene rings is 2. The van der Waals surface area contributed by atoms with E-state index in [1.165, 1.54) is 6.07 Å². The molecule has 0 radical (unpaired) electrons. The van der Waals surface area contributed by atoms with Crippen molar-refractivity contribution in [3.8, 4) is 11.3 Å². The quantitative estimate of drug-likeness (QED) is 0.665. The van der Waals surface area contributed by atoms with Crippen molar-refractivity contribution in [1.29, 1.82) is 0 Å². The Morgan fingerprint density at radius 3 is 2.42 bits per heavy atom. The highest BCUT2D eigenvalue weighted by Crippen LogP contribution is 2.17. The van der Waals surface area contributed by atoms with E-state index in [0.717, 1.165) is 16.6 Å². The summed E-state index contributed by atoms with van der Waals surface area (Å²) in [4.78, 5) is 20.4. The zero-order valence-electron chi connectivity index (χ0n) is 10.5. The highest BCUT2D eigenvalue weighted by Gasteiger charge is 2.02. The number of hydrogen-bond donors (Lipinski definition) is 0. The molecule has 0 aliphatic carbocycles. The number of hydrogen-bond acceptors (Lipinski definition) is 3. The van der Waals surface area contributed by atoms with E-state index in [-0.39, 0.29) is 5.56 Å². The van der Waals surface area contributed by atoms with Crippen LogP contribution < -0.4 is 5.56 Å². The van der Waals surface area contributed by atoms with Crippen LogP contribution in [0.15, 0.2) is 59.4 Å². The molecule has 0 unspecified atom stereocenters. The van der Waals surface area contributed by atoms with Gasteiger partial charge in [0.05, 0.1) is 16.7 Å². The Morgan fingerprint density at radius 2 is 1.63 bits per heavy atom. The molecular formula is C16H12N2O. The van der Waals surface area contributed by atoms with Crippen LogP contribution in [0.25, 0.3) is 22.3 Å². The van der Waals surface area contributed by atoms with E-state index in [1.54, 1.807) is 0 Å². The van der Waals surface area contributed by atoms with Crippen molar-refractivity contribution < 1.29 is 0 Å². The fourth-order valence-electron chi connectivity index (χ4n) is 2.00. The summed E-state index contributed by atoms with van der Waals surface area (Å²) < 4.78 is 0. The van der Waals surface area contributed by atoms with Gasteiger partial charge in [-0.25, -0.2) is 9.97 Å². The van der Waals surface area contributed by atoms with Gasteiger partial charge in [0.1, 0.15) is 0 Å². The average Bonchev–Trinajstić information content (AvgIpc) is 2.58. The minimum atomic E-state index is -0.273. The van der Waals surface area contributed by atoms with Crippen LogP contribution in [0.5, 0.6) is 0 Å². The third kappa shape index (κ3) is 2.36. The molecule has 3 rings (SSSR count). The fourth-order valence-corrected chi connectivity index (χ4v) is 2.00. The first kappa shape index (κ1) is 11.5. The molecule has 0 aliphatic rings. The monoisotopic (exact) mass is 248 g/mol. The van der Waals surface area contributed by atoms with E-state index in [2.05, 4.69) is 9.97 Å². The van der Waals surface area contributed by atoms with Crippen molar-refractivity contribution in [2.75, 3.05) is 0 Å². The van der Waals surface area contributed by atoms with Crippen LogP contribution in [-0.4, -0.2) is 9.97 Å². The molecule has 0 amide bonds. The van der Waals surface area contributed by atoms with Gasteiger partial charge in [0.15, 0.2) is 0 Å². The Labute approximate surface area is 110 Å². The lowest BCUT2D eigenvalue weighted by Crippen LogP contribution is -1.99. The fraction of sp³-hybridized carbons (Fsp3) is 0.0625. The van der Waals surface area contributed by atoms with E-state index in [9.17, 15) is 4.79 Å². The highest BCUT2D eigenvalue weighted by molar-refractivity contribution is 5.76. The molecule has 1 aromatic heterocycles. The van der Waals surface area contributed by atoms with Crippen molar-refractivity contribution in [3.63, 3.8) is 0 Å². The molecule has 1 heterocycles. The van der Waals surface area contributed by atoms with Crippen molar-refractivity contribution in [3.05, 3.63) is 70.5 Å². The predicted octanol–water partition coefficient (Wildman–Crippen LogP) is 2.97. The lowest BCUT2D eigenvalue weighted by atomic mass is 10.1. The topological polar surface area (TPSA) is 42.9 Å². The number of fused-ring (bicyclic) bond motifs is 1. The molecule has 0 atom stereocenters. The number of nitrogens with zero attached hydrogens (tertiary/aromatic N) is 2. The second kappa shape index (κ2) is 4.61. The summed E-state index contributed by atoms with van der Waals surface area (Å²) in [5.74, 6) is 0. The number of aryl methyl sites for hydroxylation is 1. The molecule has 19 heavy (non-hydrogen) atoms. The van der Waals surface area contributed by atoms with E-state index in [4.69, 9.17) is 0 Å². The molecule has 0 fully saturated rings. The Morgan fingerprint density at radius 1 is 0.842 bits per heavy atom. The highest BCUT2D eigenvalue weighted by atomic mass is 16.1. The smallest absolute Gasteiger partial charge is 0.267 e. The van der Waals surface area contributed by atoms with E-state index >= 15 is 0 Å². The molecule has 0 saturated heterocycles. The van der Waals surface area contributed by atoms with Crippen LogP contribution in [-0.2, 0) is 0 Å². The van der Waals surface area contributed by atoms with Crippen LogP contribution in [0, 0.1) is 6.92 Å². The van der Waals surface area contributed by atoms with E-state index in [0.29, 0.717) is 11.2 Å². The summed E-state index contributed by atoms with van der Waals surface area (Å²) in [7, 11) is 0. The van der Waals surface area contributed by atoms with Gasteiger partial charge in [-0.3, -0.25) is 4.79 Å².